The van der Waals surface area contributed by atoms with Gasteiger partial charge in [0.05, 0.1) is 11.7 Å². The zero-order chi connectivity index (χ0) is 20.5. The van der Waals surface area contributed by atoms with E-state index in [0.29, 0.717) is 5.75 Å². The fourth-order valence-corrected chi connectivity index (χ4v) is 4.30. The number of phenols is 1. The molecule has 0 saturated heterocycles. The summed E-state index contributed by atoms with van der Waals surface area (Å²) in [6.45, 7) is 8.47. The number of phenolic OH excluding ortho intramolecular Hbond substituents is 1. The zero-order valence-electron chi connectivity index (χ0n) is 17.5. The summed E-state index contributed by atoms with van der Waals surface area (Å²) in [5.74, 6) is 0.338. The van der Waals surface area contributed by atoms with Gasteiger partial charge in [0.15, 0.2) is 0 Å². The molecule has 0 amide bonds. The van der Waals surface area contributed by atoms with E-state index in [9.17, 15) is 5.11 Å². The van der Waals surface area contributed by atoms with Crippen LogP contribution in [0.25, 0.3) is 22.4 Å². The molecule has 2 heteroatoms. The first kappa shape index (κ1) is 19.1. The first-order valence-electron chi connectivity index (χ1n) is 10.1. The lowest BCUT2D eigenvalue weighted by atomic mass is 9.96. The van der Waals surface area contributed by atoms with Gasteiger partial charge in [-0.3, -0.25) is 0 Å². The normalized spacial score (nSPS) is 12.1. The first-order chi connectivity index (χ1) is 14.0. The maximum Gasteiger partial charge on any atom is 0.125 e. The molecule has 1 aromatic heterocycles. The van der Waals surface area contributed by atoms with Gasteiger partial charge >= 0.3 is 0 Å². The van der Waals surface area contributed by atoms with E-state index in [1.54, 1.807) is 0 Å². The van der Waals surface area contributed by atoms with E-state index in [2.05, 4.69) is 86.1 Å². The van der Waals surface area contributed by atoms with Crippen molar-refractivity contribution in [1.29, 1.82) is 0 Å². The minimum absolute atomic E-state index is 0.141. The first-order valence-corrected chi connectivity index (χ1v) is 10.1. The van der Waals surface area contributed by atoms with Gasteiger partial charge in [0.2, 0.25) is 0 Å². The van der Waals surface area contributed by atoms with Crippen LogP contribution in [-0.2, 0) is 0 Å². The molecule has 29 heavy (non-hydrogen) atoms. The van der Waals surface area contributed by atoms with Gasteiger partial charge in [0.1, 0.15) is 5.75 Å². The van der Waals surface area contributed by atoms with Crippen molar-refractivity contribution in [2.45, 2.75) is 33.7 Å². The fraction of sp³-hybridized carbons (Fsp3) is 0.185. The van der Waals surface area contributed by atoms with Gasteiger partial charge < -0.3 is 9.67 Å². The number of aryl methyl sites for hydroxylation is 2. The second kappa shape index (κ2) is 7.63. The van der Waals surface area contributed by atoms with E-state index in [4.69, 9.17) is 0 Å². The number of hydrogen-bond acceptors (Lipinski definition) is 1. The Hall–Kier alpha value is -3.26. The van der Waals surface area contributed by atoms with Crippen molar-refractivity contribution in [3.8, 4) is 28.1 Å². The monoisotopic (exact) mass is 381 g/mol. The lowest BCUT2D eigenvalue weighted by molar-refractivity contribution is 0.475. The largest absolute Gasteiger partial charge is 0.507 e. The Labute approximate surface area is 173 Å². The smallest absolute Gasteiger partial charge is 0.125 e. The molecule has 0 spiro atoms. The molecular weight excluding hydrogens is 354 g/mol. The Morgan fingerprint density at radius 1 is 0.828 bits per heavy atom. The van der Waals surface area contributed by atoms with Crippen molar-refractivity contribution < 1.29 is 5.11 Å². The van der Waals surface area contributed by atoms with E-state index >= 15 is 0 Å². The molecule has 2 nitrogen and oxygen atoms in total. The van der Waals surface area contributed by atoms with Crippen molar-refractivity contribution in [2.24, 2.45) is 0 Å². The Balaban J connectivity index is 2.00. The van der Waals surface area contributed by atoms with E-state index in [-0.39, 0.29) is 6.04 Å². The maximum atomic E-state index is 10.9. The fourth-order valence-electron chi connectivity index (χ4n) is 4.30. The van der Waals surface area contributed by atoms with Crippen molar-refractivity contribution >= 4 is 0 Å². The average Bonchev–Trinajstić information content (AvgIpc) is 3.05. The van der Waals surface area contributed by atoms with Gasteiger partial charge in [-0.2, -0.15) is 0 Å². The third kappa shape index (κ3) is 3.47. The van der Waals surface area contributed by atoms with E-state index in [1.807, 2.05) is 25.1 Å². The Bertz CT molecular complexity index is 1120. The van der Waals surface area contributed by atoms with Gasteiger partial charge in [-0.25, -0.2) is 0 Å². The summed E-state index contributed by atoms with van der Waals surface area (Å²) in [6, 6.07) is 25.1. The molecule has 1 heterocycles. The molecule has 4 rings (SSSR count). The zero-order valence-corrected chi connectivity index (χ0v) is 17.5. The number of benzene rings is 3. The minimum Gasteiger partial charge on any atom is -0.507 e. The number of aromatic hydroxyl groups is 1. The minimum atomic E-state index is 0.141. The molecule has 0 aliphatic carbocycles. The van der Waals surface area contributed by atoms with Crippen LogP contribution < -0.4 is 0 Å². The predicted octanol–water partition coefficient (Wildman–Crippen LogP) is 7.06. The molecule has 146 valence electrons. The highest BCUT2D eigenvalue weighted by Crippen LogP contribution is 2.42. The van der Waals surface area contributed by atoms with E-state index in [0.717, 1.165) is 22.4 Å². The average molecular weight is 382 g/mol. The molecule has 0 unspecified atom stereocenters. The van der Waals surface area contributed by atoms with Crippen molar-refractivity contribution in [3.05, 3.63) is 101 Å². The van der Waals surface area contributed by atoms with Crippen molar-refractivity contribution in [2.75, 3.05) is 0 Å². The Kier molecular flexibility index (Phi) is 5.02. The number of aromatic nitrogens is 1. The predicted molar refractivity (Wildman–Crippen MR) is 121 cm³/mol. The van der Waals surface area contributed by atoms with Gasteiger partial charge in [0.25, 0.3) is 0 Å². The van der Waals surface area contributed by atoms with Crippen LogP contribution in [0.2, 0.25) is 0 Å². The highest BCUT2D eigenvalue weighted by Gasteiger charge is 2.23. The second-order valence-electron chi connectivity index (χ2n) is 7.85. The summed E-state index contributed by atoms with van der Waals surface area (Å²) in [5.41, 5.74) is 8.96. The van der Waals surface area contributed by atoms with Crippen LogP contribution in [0.15, 0.2) is 79.0 Å². The highest BCUT2D eigenvalue weighted by atomic mass is 16.3. The summed E-state index contributed by atoms with van der Waals surface area (Å²) < 4.78 is 2.31. The van der Waals surface area contributed by atoms with Gasteiger partial charge in [-0.15, -0.1) is 0 Å². The molecule has 3 aromatic carbocycles. The second-order valence-corrected chi connectivity index (χ2v) is 7.85. The molecule has 0 aliphatic heterocycles. The molecule has 1 N–H and O–H groups in total. The highest BCUT2D eigenvalue weighted by molar-refractivity contribution is 5.82. The molecule has 1 atom stereocenters. The van der Waals surface area contributed by atoms with Gasteiger partial charge in [0, 0.05) is 17.3 Å². The van der Waals surface area contributed by atoms with Crippen LogP contribution in [0.5, 0.6) is 5.75 Å². The van der Waals surface area contributed by atoms with Gasteiger partial charge in [-0.05, 0) is 61.6 Å². The van der Waals surface area contributed by atoms with Gasteiger partial charge in [-0.1, -0.05) is 66.7 Å². The summed E-state index contributed by atoms with van der Waals surface area (Å²) in [5, 5.41) is 10.9. The molecule has 0 saturated carbocycles. The van der Waals surface area contributed by atoms with Crippen LogP contribution in [-0.4, -0.2) is 9.67 Å². The van der Waals surface area contributed by atoms with Crippen LogP contribution in [0.4, 0.5) is 0 Å². The SMILES string of the molecule is Cc1cc(C)c(-c2c(C)c(-c3ccccc3)cn2[C@@H](C)c2ccccc2)c(O)c1. The summed E-state index contributed by atoms with van der Waals surface area (Å²) in [6.07, 6.45) is 2.23. The molecule has 0 bridgehead atoms. The van der Waals surface area contributed by atoms with E-state index < -0.39 is 0 Å². The third-order valence-corrected chi connectivity index (χ3v) is 5.77. The molecule has 0 aliphatic rings. The number of rotatable bonds is 4. The van der Waals surface area contributed by atoms with Crippen molar-refractivity contribution in [3.63, 3.8) is 0 Å². The number of nitrogens with zero attached hydrogens (tertiary/aromatic N) is 1. The molecule has 0 fully saturated rings. The van der Waals surface area contributed by atoms with E-state index in [1.165, 1.54) is 22.3 Å². The third-order valence-electron chi connectivity index (χ3n) is 5.77. The molecule has 4 aromatic rings. The number of hydrogen-bond donors (Lipinski definition) is 1. The lowest BCUT2D eigenvalue weighted by Crippen LogP contribution is -2.08. The molecule has 0 radical (unpaired) electrons. The van der Waals surface area contributed by atoms with Crippen LogP contribution in [0.3, 0.4) is 0 Å². The summed E-state index contributed by atoms with van der Waals surface area (Å²) >= 11 is 0. The summed E-state index contributed by atoms with van der Waals surface area (Å²) in [4.78, 5) is 0. The Morgan fingerprint density at radius 3 is 2.07 bits per heavy atom. The Morgan fingerprint density at radius 2 is 1.45 bits per heavy atom. The van der Waals surface area contributed by atoms with Crippen molar-refractivity contribution in [1.82, 2.24) is 4.57 Å². The summed E-state index contributed by atoms with van der Waals surface area (Å²) in [7, 11) is 0. The lowest BCUT2D eigenvalue weighted by Gasteiger charge is -2.21. The molecular formula is C27H27NO. The van der Waals surface area contributed by atoms with Crippen LogP contribution in [0.1, 0.15) is 35.2 Å². The maximum absolute atomic E-state index is 10.9. The topological polar surface area (TPSA) is 25.2 Å². The standard InChI is InChI=1S/C27H27NO/c1-18-15-19(2)26(25(29)16-18)27-20(3)24(23-13-9-6-10-14-23)17-28(27)21(4)22-11-7-5-8-12-22/h5-17,21,29H,1-4H3/t21-/m0/s1. The van der Waals surface area contributed by atoms with Crippen LogP contribution >= 0.6 is 0 Å². The van der Waals surface area contributed by atoms with Crippen LogP contribution in [0, 0.1) is 20.8 Å². The quantitative estimate of drug-likeness (QED) is 0.402.